The second-order valence-corrected chi connectivity index (χ2v) is 8.99. The van der Waals surface area contributed by atoms with Crippen LogP contribution in [0.3, 0.4) is 0 Å². The van der Waals surface area contributed by atoms with E-state index in [-0.39, 0.29) is 22.9 Å². The van der Waals surface area contributed by atoms with E-state index in [0.29, 0.717) is 51.1 Å². The first-order chi connectivity index (χ1) is 14.0. The maximum atomic E-state index is 13.6. The van der Waals surface area contributed by atoms with E-state index in [1.165, 1.54) is 29.8 Å². The molecule has 29 heavy (non-hydrogen) atoms. The highest BCUT2D eigenvalue weighted by atomic mass is 35.5. The number of aliphatic imine (C=N–C) groups is 1. The largest absolute Gasteiger partial charge is 0.505 e. The smallest absolute Gasteiger partial charge is 0.263 e. The molecular formula is C21H20ClN3O3S. The van der Waals surface area contributed by atoms with Crippen molar-refractivity contribution >= 4 is 54.7 Å². The number of aromatic hydroxyl groups is 1. The second-order valence-electron chi connectivity index (χ2n) is 7.59. The summed E-state index contributed by atoms with van der Waals surface area (Å²) in [4.78, 5) is 23.4. The lowest BCUT2D eigenvalue weighted by atomic mass is 10.1. The van der Waals surface area contributed by atoms with E-state index in [0.717, 1.165) is 5.57 Å². The highest BCUT2D eigenvalue weighted by Crippen LogP contribution is 2.42. The van der Waals surface area contributed by atoms with Crippen molar-refractivity contribution in [3.8, 4) is 5.75 Å². The molecule has 3 aromatic rings. The molecule has 0 radical (unpaired) electrons. The van der Waals surface area contributed by atoms with Crippen molar-refractivity contribution in [3.63, 3.8) is 0 Å². The molecule has 5 rings (SSSR count). The summed E-state index contributed by atoms with van der Waals surface area (Å²) >= 11 is 7.37. The number of allylic oxidation sites excluding steroid dienone is 2. The molecule has 1 saturated carbocycles. The van der Waals surface area contributed by atoms with Gasteiger partial charge in [-0.3, -0.25) is 14.4 Å². The van der Waals surface area contributed by atoms with Crippen molar-refractivity contribution in [1.29, 1.82) is 0 Å². The van der Waals surface area contributed by atoms with Crippen molar-refractivity contribution in [3.05, 3.63) is 38.9 Å². The molecule has 3 heterocycles. The van der Waals surface area contributed by atoms with Crippen LogP contribution in [0.5, 0.6) is 5.75 Å². The number of hydrogen-bond donors (Lipinski definition) is 1. The highest BCUT2D eigenvalue weighted by Gasteiger charge is 2.27. The number of hydrogen-bond acceptors (Lipinski definition) is 6. The Morgan fingerprint density at radius 3 is 2.86 bits per heavy atom. The van der Waals surface area contributed by atoms with Crippen LogP contribution in [-0.4, -0.2) is 33.7 Å². The van der Waals surface area contributed by atoms with E-state index in [4.69, 9.17) is 21.3 Å². The highest BCUT2D eigenvalue weighted by molar-refractivity contribution is 7.25. The summed E-state index contributed by atoms with van der Waals surface area (Å²) in [6, 6.07) is 3.38. The fourth-order valence-electron chi connectivity index (χ4n) is 3.83. The molecule has 0 amide bonds. The summed E-state index contributed by atoms with van der Waals surface area (Å²) in [7, 11) is 0. The molecule has 8 heteroatoms. The maximum Gasteiger partial charge on any atom is 0.263 e. The number of ether oxygens (including phenoxy) is 1. The molecule has 1 fully saturated rings. The van der Waals surface area contributed by atoms with Crippen molar-refractivity contribution in [2.24, 2.45) is 10.9 Å². The molecule has 1 aliphatic carbocycles. The Morgan fingerprint density at radius 1 is 1.38 bits per heavy atom. The normalized spacial score (nSPS) is 17.6. The summed E-state index contributed by atoms with van der Waals surface area (Å²) in [5, 5.41) is 11.8. The number of halogens is 1. The van der Waals surface area contributed by atoms with Crippen LogP contribution in [0.1, 0.15) is 32.5 Å². The Labute approximate surface area is 176 Å². The topological polar surface area (TPSA) is 76.7 Å². The third-order valence-corrected chi connectivity index (χ3v) is 7.16. The zero-order valence-electron chi connectivity index (χ0n) is 16.2. The minimum absolute atomic E-state index is 0.00964. The quantitative estimate of drug-likeness (QED) is 0.657. The van der Waals surface area contributed by atoms with Crippen molar-refractivity contribution in [2.45, 2.75) is 33.2 Å². The molecule has 0 bridgehead atoms. The number of phenols is 1. The van der Waals surface area contributed by atoms with Gasteiger partial charge in [0.1, 0.15) is 23.8 Å². The standard InChI is InChI=1S/C21H20ClN3O3S/c1-10(12-3-4-12)11(2)19-24-20-16(13-5-6-14(22)17(26)18(13)29-20)21(27)25(19)9-15-23-7-8-28-15/h5-6,12,26H,3-4,7-9H2,1-2H3/b11-10-. The van der Waals surface area contributed by atoms with Gasteiger partial charge >= 0.3 is 0 Å². The summed E-state index contributed by atoms with van der Waals surface area (Å²) in [5.41, 5.74) is 2.13. The molecular weight excluding hydrogens is 410 g/mol. The van der Waals surface area contributed by atoms with Gasteiger partial charge in [0.05, 0.1) is 21.7 Å². The van der Waals surface area contributed by atoms with Crippen LogP contribution in [0.2, 0.25) is 5.02 Å². The lowest BCUT2D eigenvalue weighted by Gasteiger charge is -2.15. The fraction of sp³-hybridized carbons (Fsp3) is 0.381. The average Bonchev–Trinajstić information content (AvgIpc) is 3.30. The molecule has 0 unspecified atom stereocenters. The zero-order valence-corrected chi connectivity index (χ0v) is 17.7. The summed E-state index contributed by atoms with van der Waals surface area (Å²) in [6.45, 7) is 5.55. The Kier molecular flexibility index (Phi) is 4.40. The van der Waals surface area contributed by atoms with Gasteiger partial charge in [-0.05, 0) is 44.2 Å². The van der Waals surface area contributed by atoms with E-state index >= 15 is 0 Å². The van der Waals surface area contributed by atoms with Crippen molar-refractivity contribution in [1.82, 2.24) is 9.55 Å². The summed E-state index contributed by atoms with van der Waals surface area (Å²) < 4.78 is 7.81. The first-order valence-electron chi connectivity index (χ1n) is 9.64. The Hall–Kier alpha value is -2.38. The minimum Gasteiger partial charge on any atom is -0.505 e. The minimum atomic E-state index is -0.154. The Bertz CT molecular complexity index is 1280. The number of phenolic OH excluding ortho intramolecular Hbond substituents is 1. The number of fused-ring (bicyclic) bond motifs is 3. The van der Waals surface area contributed by atoms with Crippen LogP contribution in [-0.2, 0) is 11.3 Å². The van der Waals surface area contributed by atoms with E-state index in [2.05, 4.69) is 11.9 Å². The van der Waals surface area contributed by atoms with Gasteiger partial charge in [0.15, 0.2) is 5.75 Å². The van der Waals surface area contributed by atoms with Gasteiger partial charge in [0.25, 0.3) is 5.56 Å². The first kappa shape index (κ1) is 18.6. The van der Waals surface area contributed by atoms with Crippen LogP contribution in [0, 0.1) is 5.92 Å². The number of nitrogens with zero attached hydrogens (tertiary/aromatic N) is 3. The Morgan fingerprint density at radius 2 is 2.17 bits per heavy atom. The molecule has 2 aromatic heterocycles. The van der Waals surface area contributed by atoms with E-state index in [1.807, 2.05) is 6.92 Å². The molecule has 6 nitrogen and oxygen atoms in total. The van der Waals surface area contributed by atoms with Gasteiger partial charge in [-0.15, -0.1) is 11.3 Å². The van der Waals surface area contributed by atoms with E-state index < -0.39 is 0 Å². The van der Waals surface area contributed by atoms with Gasteiger partial charge in [0, 0.05) is 5.39 Å². The number of benzene rings is 1. The SMILES string of the molecule is C/C(=C(\C)C1CC1)c1nc2sc3c(O)c(Cl)ccc3c2c(=O)n1CC1=NCCO1. The van der Waals surface area contributed by atoms with E-state index in [9.17, 15) is 9.90 Å². The number of rotatable bonds is 4. The average molecular weight is 430 g/mol. The van der Waals surface area contributed by atoms with Gasteiger partial charge in [-0.1, -0.05) is 23.2 Å². The fourth-order valence-corrected chi connectivity index (χ4v) is 5.15. The summed E-state index contributed by atoms with van der Waals surface area (Å²) in [6.07, 6.45) is 2.36. The third-order valence-electron chi connectivity index (χ3n) is 5.74. The molecule has 2 aliphatic rings. The molecule has 1 aromatic carbocycles. The van der Waals surface area contributed by atoms with Gasteiger partial charge in [-0.2, -0.15) is 0 Å². The van der Waals surface area contributed by atoms with E-state index in [1.54, 1.807) is 16.7 Å². The van der Waals surface area contributed by atoms with Gasteiger partial charge in [-0.25, -0.2) is 4.98 Å². The lowest BCUT2D eigenvalue weighted by molar-refractivity contribution is 0.334. The van der Waals surface area contributed by atoms with Gasteiger partial charge < -0.3 is 9.84 Å². The Balaban J connectivity index is 1.82. The lowest BCUT2D eigenvalue weighted by Crippen LogP contribution is -2.28. The molecule has 150 valence electrons. The molecule has 1 N–H and O–H groups in total. The summed E-state index contributed by atoms with van der Waals surface area (Å²) in [5.74, 6) is 1.75. The van der Waals surface area contributed by atoms with Crippen molar-refractivity contribution < 1.29 is 9.84 Å². The third kappa shape index (κ3) is 3.04. The number of thiophene rings is 1. The van der Waals surface area contributed by atoms with Crippen LogP contribution in [0.4, 0.5) is 0 Å². The monoisotopic (exact) mass is 429 g/mol. The van der Waals surface area contributed by atoms with Gasteiger partial charge in [0.2, 0.25) is 5.90 Å². The first-order valence-corrected chi connectivity index (χ1v) is 10.8. The number of aromatic nitrogens is 2. The molecule has 0 atom stereocenters. The van der Waals surface area contributed by atoms with Crippen LogP contribution >= 0.6 is 22.9 Å². The zero-order chi connectivity index (χ0) is 20.3. The van der Waals surface area contributed by atoms with Crippen LogP contribution < -0.4 is 5.56 Å². The maximum absolute atomic E-state index is 13.6. The van der Waals surface area contributed by atoms with Crippen molar-refractivity contribution in [2.75, 3.05) is 13.2 Å². The predicted octanol–water partition coefficient (Wildman–Crippen LogP) is 4.60. The van der Waals surface area contributed by atoms with Crippen LogP contribution in [0.25, 0.3) is 25.9 Å². The van der Waals surface area contributed by atoms with Crippen LogP contribution in [0.15, 0.2) is 27.5 Å². The molecule has 0 spiro atoms. The second kappa shape index (κ2) is 6.85. The predicted molar refractivity (Wildman–Crippen MR) is 117 cm³/mol. The molecule has 1 aliphatic heterocycles. The molecule has 0 saturated heterocycles.